The predicted molar refractivity (Wildman–Crippen MR) is 70.3 cm³/mol. The summed E-state index contributed by atoms with van der Waals surface area (Å²) in [6.07, 6.45) is 5.11. The van der Waals surface area contributed by atoms with Crippen LogP contribution in [-0.2, 0) is 0 Å². The van der Waals surface area contributed by atoms with Crippen LogP contribution in [-0.4, -0.2) is 52.2 Å². The Balaban J connectivity index is 1.95. The number of likely N-dealkylation sites (N-methyl/N-ethyl adjacent to an activating group) is 1. The van der Waals surface area contributed by atoms with Gasteiger partial charge in [0.05, 0.1) is 0 Å². The van der Waals surface area contributed by atoms with Crippen LogP contribution in [0.5, 0.6) is 6.01 Å². The second-order valence-electron chi connectivity index (χ2n) is 4.65. The third-order valence-electron chi connectivity index (χ3n) is 3.33. The first-order valence-electron chi connectivity index (χ1n) is 6.34. The highest BCUT2D eigenvalue weighted by atomic mass is 16.5. The topological polar surface area (TPSA) is 96.9 Å². The molecule has 0 spiro atoms. The van der Waals surface area contributed by atoms with Crippen molar-refractivity contribution in [2.45, 2.75) is 25.3 Å². The molecule has 1 aromatic heterocycles. The summed E-state index contributed by atoms with van der Waals surface area (Å²) in [6, 6.07) is 2.21. The van der Waals surface area contributed by atoms with Crippen molar-refractivity contribution >= 4 is 5.84 Å². The molecule has 1 aromatic rings. The number of hydrogen-bond acceptors (Lipinski definition) is 6. The first kappa shape index (κ1) is 13.5. The fourth-order valence-corrected chi connectivity index (χ4v) is 2.13. The number of rotatable bonds is 4. The van der Waals surface area contributed by atoms with Crippen LogP contribution in [0.3, 0.4) is 0 Å². The Hall–Kier alpha value is -1.89. The van der Waals surface area contributed by atoms with Gasteiger partial charge in [-0.2, -0.15) is 4.98 Å². The van der Waals surface area contributed by atoms with E-state index in [0.29, 0.717) is 18.3 Å². The summed E-state index contributed by atoms with van der Waals surface area (Å²) in [7, 11) is 2.10. The Bertz CT molecular complexity index is 452. The van der Waals surface area contributed by atoms with Crippen molar-refractivity contribution < 1.29 is 9.94 Å². The molecular formula is C12H19N5O2. The van der Waals surface area contributed by atoms with Gasteiger partial charge in [0.15, 0.2) is 5.84 Å². The molecule has 1 atom stereocenters. The van der Waals surface area contributed by atoms with Gasteiger partial charge in [0.25, 0.3) is 0 Å². The number of hydrogen-bond donors (Lipinski definition) is 2. The standard InChI is InChI=1S/C12H19N5O2/c1-17-7-3-2-4-9(17)8-19-12-14-6-5-10(15-12)11(13)16-18/h5-6,9,18H,2-4,7-8H2,1H3,(H2,13,16). The maximum atomic E-state index is 8.60. The molecule has 0 aromatic carbocycles. The largest absolute Gasteiger partial charge is 0.462 e. The summed E-state index contributed by atoms with van der Waals surface area (Å²) in [5, 5.41) is 11.5. The minimum Gasteiger partial charge on any atom is -0.462 e. The van der Waals surface area contributed by atoms with E-state index in [2.05, 4.69) is 27.1 Å². The summed E-state index contributed by atoms with van der Waals surface area (Å²) >= 11 is 0. The maximum Gasteiger partial charge on any atom is 0.317 e. The Morgan fingerprint density at radius 3 is 3.21 bits per heavy atom. The Morgan fingerprint density at radius 1 is 1.63 bits per heavy atom. The summed E-state index contributed by atoms with van der Waals surface area (Å²) in [5.74, 6) is -0.0537. The van der Waals surface area contributed by atoms with Crippen molar-refractivity contribution in [3.63, 3.8) is 0 Å². The number of nitrogens with two attached hydrogens (primary N) is 1. The fraction of sp³-hybridized carbons (Fsp3) is 0.583. The first-order valence-corrected chi connectivity index (χ1v) is 6.34. The van der Waals surface area contributed by atoms with Crippen molar-refractivity contribution in [1.82, 2.24) is 14.9 Å². The van der Waals surface area contributed by atoms with Gasteiger partial charge < -0.3 is 20.6 Å². The number of piperidine rings is 1. The van der Waals surface area contributed by atoms with Crippen LogP contribution in [0.2, 0.25) is 0 Å². The fourth-order valence-electron chi connectivity index (χ4n) is 2.13. The lowest BCUT2D eigenvalue weighted by Crippen LogP contribution is -2.40. The lowest BCUT2D eigenvalue weighted by Gasteiger charge is -2.31. The van der Waals surface area contributed by atoms with E-state index in [9.17, 15) is 0 Å². The molecule has 0 radical (unpaired) electrons. The van der Waals surface area contributed by atoms with Gasteiger partial charge in [-0.15, -0.1) is 0 Å². The van der Waals surface area contributed by atoms with E-state index in [1.807, 2.05) is 0 Å². The van der Waals surface area contributed by atoms with Gasteiger partial charge in [-0.05, 0) is 32.5 Å². The zero-order valence-electron chi connectivity index (χ0n) is 11.0. The SMILES string of the molecule is CN1CCCCC1COc1nccc(/C(N)=N/O)n1. The summed E-state index contributed by atoms with van der Waals surface area (Å²) in [6.45, 7) is 1.65. The number of oxime groups is 1. The molecule has 2 heterocycles. The summed E-state index contributed by atoms with van der Waals surface area (Å²) in [4.78, 5) is 10.4. The molecule has 0 aliphatic carbocycles. The monoisotopic (exact) mass is 265 g/mol. The molecule has 1 fully saturated rings. The zero-order chi connectivity index (χ0) is 13.7. The molecule has 0 bridgehead atoms. The van der Waals surface area contributed by atoms with E-state index in [1.165, 1.54) is 19.0 Å². The number of aromatic nitrogens is 2. The molecule has 1 saturated heterocycles. The molecular weight excluding hydrogens is 246 g/mol. The molecule has 104 valence electrons. The molecule has 7 heteroatoms. The van der Waals surface area contributed by atoms with Gasteiger partial charge in [-0.25, -0.2) is 4.98 Å². The van der Waals surface area contributed by atoms with Crippen LogP contribution < -0.4 is 10.5 Å². The normalized spacial score (nSPS) is 21.3. The number of likely N-dealkylation sites (tertiary alicyclic amines) is 1. The second kappa shape index (κ2) is 6.33. The average molecular weight is 265 g/mol. The molecule has 1 aliphatic heterocycles. The van der Waals surface area contributed by atoms with E-state index in [-0.39, 0.29) is 11.8 Å². The first-order chi connectivity index (χ1) is 9.20. The summed E-state index contributed by atoms with van der Waals surface area (Å²) in [5.41, 5.74) is 5.82. The van der Waals surface area contributed by atoms with E-state index >= 15 is 0 Å². The predicted octanol–water partition coefficient (Wildman–Crippen LogP) is 0.434. The lowest BCUT2D eigenvalue weighted by atomic mass is 10.0. The third-order valence-corrected chi connectivity index (χ3v) is 3.33. The minimum absolute atomic E-state index is 0.0537. The van der Waals surface area contributed by atoms with Gasteiger partial charge in [0.2, 0.25) is 0 Å². The lowest BCUT2D eigenvalue weighted by molar-refractivity contribution is 0.120. The number of amidine groups is 1. The van der Waals surface area contributed by atoms with E-state index in [0.717, 1.165) is 13.0 Å². The van der Waals surface area contributed by atoms with Crippen LogP contribution in [0.25, 0.3) is 0 Å². The van der Waals surface area contributed by atoms with Gasteiger partial charge >= 0.3 is 6.01 Å². The Morgan fingerprint density at radius 2 is 2.47 bits per heavy atom. The Labute approximate surface area is 112 Å². The molecule has 1 unspecified atom stereocenters. The van der Waals surface area contributed by atoms with E-state index < -0.39 is 0 Å². The van der Waals surface area contributed by atoms with Crippen LogP contribution in [0.1, 0.15) is 25.0 Å². The van der Waals surface area contributed by atoms with E-state index in [4.69, 9.17) is 15.7 Å². The third kappa shape index (κ3) is 3.54. The van der Waals surface area contributed by atoms with E-state index in [1.54, 1.807) is 6.07 Å². The van der Waals surface area contributed by atoms with Crippen LogP contribution >= 0.6 is 0 Å². The van der Waals surface area contributed by atoms with Gasteiger partial charge in [0, 0.05) is 12.2 Å². The van der Waals surface area contributed by atoms with Crippen molar-refractivity contribution in [1.29, 1.82) is 0 Å². The zero-order valence-corrected chi connectivity index (χ0v) is 11.0. The van der Waals surface area contributed by atoms with Crippen molar-refractivity contribution in [3.8, 4) is 6.01 Å². The van der Waals surface area contributed by atoms with Gasteiger partial charge in [0.1, 0.15) is 12.3 Å². The molecule has 19 heavy (non-hydrogen) atoms. The average Bonchev–Trinajstić information content (AvgIpc) is 2.46. The number of nitrogens with zero attached hydrogens (tertiary/aromatic N) is 4. The smallest absolute Gasteiger partial charge is 0.317 e. The highest BCUT2D eigenvalue weighted by Gasteiger charge is 2.19. The highest BCUT2D eigenvalue weighted by molar-refractivity contribution is 5.95. The summed E-state index contributed by atoms with van der Waals surface area (Å²) < 4.78 is 5.60. The van der Waals surface area contributed by atoms with Crippen molar-refractivity contribution in [2.75, 3.05) is 20.2 Å². The number of ether oxygens (including phenoxy) is 1. The van der Waals surface area contributed by atoms with Crippen LogP contribution in [0.4, 0.5) is 0 Å². The quantitative estimate of drug-likeness (QED) is 0.355. The molecule has 1 aliphatic rings. The van der Waals surface area contributed by atoms with Crippen LogP contribution in [0.15, 0.2) is 17.4 Å². The van der Waals surface area contributed by atoms with Gasteiger partial charge in [-0.3, -0.25) is 0 Å². The highest BCUT2D eigenvalue weighted by Crippen LogP contribution is 2.15. The van der Waals surface area contributed by atoms with Gasteiger partial charge in [-0.1, -0.05) is 11.6 Å². The second-order valence-corrected chi connectivity index (χ2v) is 4.65. The van der Waals surface area contributed by atoms with Crippen molar-refractivity contribution in [3.05, 3.63) is 18.0 Å². The molecule has 0 amide bonds. The molecule has 0 saturated carbocycles. The molecule has 2 rings (SSSR count). The Kier molecular flexibility index (Phi) is 4.51. The minimum atomic E-state index is -0.0537. The molecule has 3 N–H and O–H groups in total. The van der Waals surface area contributed by atoms with Crippen LogP contribution in [0, 0.1) is 0 Å². The van der Waals surface area contributed by atoms with Crippen molar-refractivity contribution in [2.24, 2.45) is 10.9 Å². The maximum absolute atomic E-state index is 8.60. The molecule has 7 nitrogen and oxygen atoms in total.